The fraction of sp³-hybridized carbons (Fsp3) is 0.316. The third-order valence-corrected chi connectivity index (χ3v) is 5.35. The maximum absolute atomic E-state index is 12.3. The van der Waals surface area contributed by atoms with E-state index in [9.17, 15) is 9.59 Å². The summed E-state index contributed by atoms with van der Waals surface area (Å²) in [6, 6.07) is 8.89. The molecule has 0 fully saturated rings. The Morgan fingerprint density at radius 2 is 2.04 bits per heavy atom. The number of carboxylic acids is 1. The molecule has 1 aromatic carbocycles. The quantitative estimate of drug-likeness (QED) is 0.463. The molecular formula is C19H20N2O4S. The number of thiophene rings is 1. The van der Waals surface area contributed by atoms with E-state index in [0.717, 1.165) is 12.8 Å². The number of nitrogens with zero attached hydrogens (tertiary/aromatic N) is 1. The van der Waals surface area contributed by atoms with E-state index in [1.54, 1.807) is 35.6 Å². The zero-order valence-corrected chi connectivity index (χ0v) is 15.1. The number of aliphatic carboxylic acids is 1. The number of rotatable bonds is 6. The summed E-state index contributed by atoms with van der Waals surface area (Å²) in [6.45, 7) is -0.433. The van der Waals surface area contributed by atoms with E-state index in [0.29, 0.717) is 16.2 Å². The molecule has 2 aromatic rings. The second kappa shape index (κ2) is 8.62. The number of carboxylic acid groups (broad SMARTS) is 1. The minimum atomic E-state index is -1.05. The normalized spacial score (nSPS) is 13.8. The van der Waals surface area contributed by atoms with E-state index >= 15 is 0 Å². The standard InChI is InChI=1S/C19H20N2O4S/c22-18(23)12-25-15-8-5-4-7-14(15)11-20-21-19(24)17-10-13-6-2-1-3-9-16(13)26-17/h4-5,7-8,10-11H,1-3,6,9,12H2,(H,21,24)(H,22,23)/b20-11-. The molecule has 0 saturated carbocycles. The highest BCUT2D eigenvalue weighted by atomic mass is 32.1. The maximum Gasteiger partial charge on any atom is 0.341 e. The summed E-state index contributed by atoms with van der Waals surface area (Å²) < 4.78 is 5.21. The number of amides is 1. The van der Waals surface area contributed by atoms with Crippen LogP contribution in [0.4, 0.5) is 0 Å². The number of carbonyl (C=O) groups is 2. The average Bonchev–Trinajstić information content (AvgIpc) is 2.91. The van der Waals surface area contributed by atoms with Crippen molar-refractivity contribution in [2.24, 2.45) is 5.10 Å². The van der Waals surface area contributed by atoms with E-state index < -0.39 is 12.6 Å². The van der Waals surface area contributed by atoms with Crippen LogP contribution < -0.4 is 10.2 Å². The average molecular weight is 372 g/mol. The van der Waals surface area contributed by atoms with Gasteiger partial charge in [-0.25, -0.2) is 10.2 Å². The van der Waals surface area contributed by atoms with Crippen molar-refractivity contribution in [3.63, 3.8) is 0 Å². The largest absolute Gasteiger partial charge is 0.481 e. The molecular weight excluding hydrogens is 352 g/mol. The Morgan fingerprint density at radius 1 is 1.23 bits per heavy atom. The third kappa shape index (κ3) is 4.70. The predicted molar refractivity (Wildman–Crippen MR) is 100 cm³/mol. The molecule has 1 aliphatic carbocycles. The summed E-state index contributed by atoms with van der Waals surface area (Å²) in [6.07, 6.45) is 7.14. The number of fused-ring (bicyclic) bond motifs is 1. The number of nitrogens with one attached hydrogen (secondary N) is 1. The smallest absolute Gasteiger partial charge is 0.341 e. The van der Waals surface area contributed by atoms with E-state index in [-0.39, 0.29) is 5.91 Å². The molecule has 0 aliphatic heterocycles. The first-order valence-corrected chi connectivity index (χ1v) is 9.34. The van der Waals surface area contributed by atoms with Gasteiger partial charge in [0.25, 0.3) is 5.91 Å². The number of benzene rings is 1. The number of para-hydroxylation sites is 1. The lowest BCUT2D eigenvalue weighted by molar-refractivity contribution is -0.139. The molecule has 0 spiro atoms. The van der Waals surface area contributed by atoms with Gasteiger partial charge in [-0.15, -0.1) is 11.3 Å². The molecule has 26 heavy (non-hydrogen) atoms. The number of hydrazone groups is 1. The fourth-order valence-corrected chi connectivity index (χ4v) is 4.00. The van der Waals surface area contributed by atoms with Crippen molar-refractivity contribution in [3.8, 4) is 5.75 Å². The Bertz CT molecular complexity index is 805. The van der Waals surface area contributed by atoms with Crippen LogP contribution in [0, 0.1) is 0 Å². The van der Waals surface area contributed by atoms with Crippen LogP contribution in [0.3, 0.4) is 0 Å². The molecule has 3 rings (SSSR count). The van der Waals surface area contributed by atoms with Crippen molar-refractivity contribution in [3.05, 3.63) is 51.2 Å². The van der Waals surface area contributed by atoms with Gasteiger partial charge in [-0.2, -0.15) is 5.10 Å². The molecule has 6 nitrogen and oxygen atoms in total. The van der Waals surface area contributed by atoms with Gasteiger partial charge in [-0.1, -0.05) is 18.6 Å². The fourth-order valence-electron chi connectivity index (χ4n) is 2.85. The van der Waals surface area contributed by atoms with Crippen molar-refractivity contribution < 1.29 is 19.4 Å². The first kappa shape index (κ1) is 18.1. The maximum atomic E-state index is 12.3. The Balaban J connectivity index is 1.63. The molecule has 1 heterocycles. The van der Waals surface area contributed by atoms with Gasteiger partial charge >= 0.3 is 5.97 Å². The lowest BCUT2D eigenvalue weighted by atomic mass is 10.1. The third-order valence-electron chi connectivity index (χ3n) is 4.11. The lowest BCUT2D eigenvalue weighted by Crippen LogP contribution is -2.16. The number of hydrogen-bond donors (Lipinski definition) is 2. The Hall–Kier alpha value is -2.67. The van der Waals surface area contributed by atoms with E-state index in [2.05, 4.69) is 10.5 Å². The van der Waals surface area contributed by atoms with Crippen LogP contribution >= 0.6 is 11.3 Å². The van der Waals surface area contributed by atoms with Gasteiger partial charge in [0.1, 0.15) is 5.75 Å². The number of aryl methyl sites for hydroxylation is 2. The van der Waals surface area contributed by atoms with Crippen LogP contribution in [0.2, 0.25) is 0 Å². The van der Waals surface area contributed by atoms with Gasteiger partial charge in [0, 0.05) is 10.4 Å². The summed E-state index contributed by atoms with van der Waals surface area (Å²) in [5.74, 6) is -0.887. The second-order valence-electron chi connectivity index (χ2n) is 6.04. The summed E-state index contributed by atoms with van der Waals surface area (Å²) in [4.78, 5) is 24.9. The highest BCUT2D eigenvalue weighted by Crippen LogP contribution is 2.28. The molecule has 0 bridgehead atoms. The molecule has 1 amide bonds. The SMILES string of the molecule is O=C(O)COc1ccccc1/C=N\NC(=O)c1cc2c(s1)CCCCC2. The van der Waals surface area contributed by atoms with Crippen molar-refractivity contribution in [2.45, 2.75) is 32.1 Å². The summed E-state index contributed by atoms with van der Waals surface area (Å²) >= 11 is 1.54. The number of ether oxygens (including phenoxy) is 1. The minimum Gasteiger partial charge on any atom is -0.481 e. The molecule has 7 heteroatoms. The van der Waals surface area contributed by atoms with Gasteiger partial charge in [0.2, 0.25) is 0 Å². The molecule has 1 aromatic heterocycles. The lowest BCUT2D eigenvalue weighted by Gasteiger charge is -2.06. The van der Waals surface area contributed by atoms with E-state index in [1.165, 1.54) is 35.9 Å². The van der Waals surface area contributed by atoms with Crippen LogP contribution in [-0.2, 0) is 17.6 Å². The van der Waals surface area contributed by atoms with Crippen LogP contribution in [0.25, 0.3) is 0 Å². The van der Waals surface area contributed by atoms with Crippen LogP contribution in [-0.4, -0.2) is 29.8 Å². The molecule has 2 N–H and O–H groups in total. The van der Waals surface area contributed by atoms with Crippen LogP contribution in [0.15, 0.2) is 35.4 Å². The van der Waals surface area contributed by atoms with Gasteiger partial charge < -0.3 is 9.84 Å². The number of hydrogen-bond acceptors (Lipinski definition) is 5. The van der Waals surface area contributed by atoms with Gasteiger partial charge in [-0.3, -0.25) is 4.79 Å². The molecule has 0 radical (unpaired) electrons. The highest BCUT2D eigenvalue weighted by molar-refractivity contribution is 7.14. The Morgan fingerprint density at radius 3 is 2.88 bits per heavy atom. The van der Waals surface area contributed by atoms with Gasteiger partial charge in [-0.05, 0) is 49.4 Å². The Kier molecular flexibility index (Phi) is 6.01. The number of carbonyl (C=O) groups excluding carboxylic acids is 1. The molecule has 136 valence electrons. The van der Waals surface area contributed by atoms with Crippen molar-refractivity contribution >= 4 is 29.4 Å². The predicted octanol–water partition coefficient (Wildman–Crippen LogP) is 3.24. The molecule has 0 unspecified atom stereocenters. The summed E-state index contributed by atoms with van der Waals surface area (Å²) in [7, 11) is 0. The van der Waals surface area contributed by atoms with Gasteiger partial charge in [0.15, 0.2) is 6.61 Å². The molecule has 1 aliphatic rings. The zero-order chi connectivity index (χ0) is 18.4. The topological polar surface area (TPSA) is 88.0 Å². The zero-order valence-electron chi connectivity index (χ0n) is 14.2. The van der Waals surface area contributed by atoms with Crippen LogP contribution in [0.1, 0.15) is 44.9 Å². The molecule has 0 atom stereocenters. The Labute approximate surface area is 155 Å². The van der Waals surface area contributed by atoms with E-state index in [1.807, 2.05) is 6.07 Å². The highest BCUT2D eigenvalue weighted by Gasteiger charge is 2.16. The second-order valence-corrected chi connectivity index (χ2v) is 7.18. The van der Waals surface area contributed by atoms with Crippen molar-refractivity contribution in [2.75, 3.05) is 6.61 Å². The summed E-state index contributed by atoms with van der Waals surface area (Å²) in [5.41, 5.74) is 4.41. The van der Waals surface area contributed by atoms with Crippen molar-refractivity contribution in [1.29, 1.82) is 0 Å². The van der Waals surface area contributed by atoms with Gasteiger partial charge in [0.05, 0.1) is 11.1 Å². The minimum absolute atomic E-state index is 0.233. The first-order valence-electron chi connectivity index (χ1n) is 8.52. The van der Waals surface area contributed by atoms with E-state index in [4.69, 9.17) is 9.84 Å². The summed E-state index contributed by atoms with van der Waals surface area (Å²) in [5, 5.41) is 12.7. The van der Waals surface area contributed by atoms with Crippen LogP contribution in [0.5, 0.6) is 5.75 Å². The van der Waals surface area contributed by atoms with Crippen molar-refractivity contribution in [1.82, 2.24) is 5.43 Å². The molecule has 0 saturated heterocycles. The first-order chi connectivity index (χ1) is 12.6. The monoisotopic (exact) mass is 372 g/mol.